The lowest BCUT2D eigenvalue weighted by atomic mass is 10.4. The molecule has 0 aliphatic heterocycles. The van der Waals surface area contributed by atoms with E-state index in [1.807, 2.05) is 5.38 Å². The number of esters is 1. The van der Waals surface area contributed by atoms with Gasteiger partial charge in [0.25, 0.3) is 0 Å². The van der Waals surface area contributed by atoms with Crippen LogP contribution in [0.15, 0.2) is 17.1 Å². The first-order valence-corrected chi connectivity index (χ1v) is 7.30. The topological polar surface area (TPSA) is 64.1 Å². The van der Waals surface area contributed by atoms with E-state index in [1.54, 1.807) is 30.0 Å². The van der Waals surface area contributed by atoms with Crippen LogP contribution in [0.25, 0.3) is 0 Å². The van der Waals surface area contributed by atoms with Gasteiger partial charge >= 0.3 is 5.97 Å². The second-order valence-electron chi connectivity index (χ2n) is 3.35. The lowest BCUT2D eigenvalue weighted by molar-refractivity contribution is 0.0521. The van der Waals surface area contributed by atoms with E-state index >= 15 is 0 Å². The number of rotatable bonds is 6. The Bertz CT molecular complexity index is 496. The summed E-state index contributed by atoms with van der Waals surface area (Å²) in [4.78, 5) is 19.8. The molecule has 2 aromatic heterocycles. The summed E-state index contributed by atoms with van der Waals surface area (Å²) in [5.74, 6) is -0.379. The normalized spacial score (nSPS) is 10.3. The molecule has 1 N–H and O–H groups in total. The number of hydrogen-bond acceptors (Lipinski definition) is 7. The summed E-state index contributed by atoms with van der Waals surface area (Å²) in [6.07, 6.45) is 2.62. The van der Waals surface area contributed by atoms with E-state index in [4.69, 9.17) is 4.74 Å². The quantitative estimate of drug-likeness (QED) is 0.825. The fourth-order valence-corrected chi connectivity index (χ4v) is 2.69. The molecule has 0 bridgehead atoms. The first-order chi connectivity index (χ1) is 8.81. The number of hydrogen-bond donors (Lipinski definition) is 1. The SMILES string of the molecule is CCOC(=O)c1ncsc1NCCc1nccs1. The summed E-state index contributed by atoms with van der Waals surface area (Å²) in [5.41, 5.74) is 2.00. The smallest absolute Gasteiger partial charge is 0.360 e. The minimum atomic E-state index is -0.379. The van der Waals surface area contributed by atoms with Gasteiger partial charge < -0.3 is 10.1 Å². The maximum Gasteiger partial charge on any atom is 0.360 e. The molecule has 0 amide bonds. The first kappa shape index (κ1) is 13.0. The third-order valence-electron chi connectivity index (χ3n) is 2.14. The molecule has 7 heteroatoms. The Balaban J connectivity index is 1.89. The number of ether oxygens (including phenoxy) is 1. The van der Waals surface area contributed by atoms with Crippen LogP contribution in [0.1, 0.15) is 22.4 Å². The zero-order chi connectivity index (χ0) is 12.8. The second kappa shape index (κ2) is 6.46. The maximum atomic E-state index is 11.6. The Morgan fingerprint density at radius 1 is 1.44 bits per heavy atom. The molecule has 5 nitrogen and oxygen atoms in total. The van der Waals surface area contributed by atoms with Gasteiger partial charge in [0.1, 0.15) is 5.00 Å². The van der Waals surface area contributed by atoms with Gasteiger partial charge in [0.15, 0.2) is 5.69 Å². The van der Waals surface area contributed by atoms with Crippen molar-refractivity contribution < 1.29 is 9.53 Å². The summed E-state index contributed by atoms with van der Waals surface area (Å²) in [6, 6.07) is 0. The van der Waals surface area contributed by atoms with E-state index < -0.39 is 0 Å². The van der Waals surface area contributed by atoms with Crippen LogP contribution >= 0.6 is 22.7 Å². The molecule has 0 radical (unpaired) electrons. The fraction of sp³-hybridized carbons (Fsp3) is 0.364. The van der Waals surface area contributed by atoms with E-state index in [-0.39, 0.29) is 5.97 Å². The van der Waals surface area contributed by atoms with E-state index in [0.29, 0.717) is 12.3 Å². The molecule has 0 spiro atoms. The molecule has 0 aliphatic rings. The zero-order valence-electron chi connectivity index (χ0n) is 9.88. The minimum absolute atomic E-state index is 0.356. The molecule has 0 saturated heterocycles. The van der Waals surface area contributed by atoms with Crippen LogP contribution < -0.4 is 5.32 Å². The van der Waals surface area contributed by atoms with Crippen molar-refractivity contribution in [1.82, 2.24) is 9.97 Å². The average Bonchev–Trinajstić information content (AvgIpc) is 3.00. The van der Waals surface area contributed by atoms with E-state index in [2.05, 4.69) is 15.3 Å². The number of carbonyl (C=O) groups excluding carboxylic acids is 1. The molecule has 0 atom stereocenters. The van der Waals surface area contributed by atoms with Gasteiger partial charge in [-0.1, -0.05) is 0 Å². The van der Waals surface area contributed by atoms with Crippen molar-refractivity contribution in [2.45, 2.75) is 13.3 Å². The molecule has 0 aromatic carbocycles. The lowest BCUT2D eigenvalue weighted by Gasteiger charge is -2.04. The number of anilines is 1. The number of aromatic nitrogens is 2. The van der Waals surface area contributed by atoms with Gasteiger partial charge in [-0.3, -0.25) is 0 Å². The van der Waals surface area contributed by atoms with Crippen molar-refractivity contribution in [2.75, 3.05) is 18.5 Å². The number of thiazole rings is 2. The second-order valence-corrected chi connectivity index (χ2v) is 5.19. The Labute approximate surface area is 113 Å². The van der Waals surface area contributed by atoms with Gasteiger partial charge in [0.05, 0.1) is 17.1 Å². The molecule has 0 saturated carbocycles. The molecular weight excluding hydrogens is 270 g/mol. The Morgan fingerprint density at radius 2 is 2.33 bits per heavy atom. The molecule has 96 valence electrons. The molecule has 2 heterocycles. The Morgan fingerprint density at radius 3 is 3.06 bits per heavy atom. The highest BCUT2D eigenvalue weighted by molar-refractivity contribution is 7.14. The van der Waals surface area contributed by atoms with Crippen LogP contribution in [0.4, 0.5) is 5.00 Å². The zero-order valence-corrected chi connectivity index (χ0v) is 11.5. The molecule has 0 unspecified atom stereocenters. The van der Waals surface area contributed by atoms with Crippen molar-refractivity contribution in [3.63, 3.8) is 0 Å². The molecule has 2 aromatic rings. The van der Waals surface area contributed by atoms with Crippen molar-refractivity contribution in [3.05, 3.63) is 27.8 Å². The van der Waals surface area contributed by atoms with Crippen molar-refractivity contribution in [1.29, 1.82) is 0 Å². The van der Waals surface area contributed by atoms with Crippen LogP contribution in [0.2, 0.25) is 0 Å². The van der Waals surface area contributed by atoms with Crippen LogP contribution in [0.3, 0.4) is 0 Å². The van der Waals surface area contributed by atoms with Crippen LogP contribution in [0, 0.1) is 0 Å². The molecule has 2 rings (SSSR count). The third kappa shape index (κ3) is 3.27. The first-order valence-electron chi connectivity index (χ1n) is 5.54. The van der Waals surface area contributed by atoms with Gasteiger partial charge in [-0.2, -0.15) is 0 Å². The predicted molar refractivity (Wildman–Crippen MR) is 72.4 cm³/mol. The molecular formula is C11H13N3O2S2. The number of nitrogens with one attached hydrogen (secondary N) is 1. The third-order valence-corrected chi connectivity index (χ3v) is 3.77. The van der Waals surface area contributed by atoms with E-state index in [9.17, 15) is 4.79 Å². The standard InChI is InChI=1S/C11H13N3O2S2/c1-2-16-11(15)9-10(18-7-14-9)13-4-3-8-12-5-6-17-8/h5-7,13H,2-4H2,1H3. The van der Waals surface area contributed by atoms with Crippen molar-refractivity contribution in [3.8, 4) is 0 Å². The van der Waals surface area contributed by atoms with Crippen molar-refractivity contribution >= 4 is 33.6 Å². The highest BCUT2D eigenvalue weighted by Gasteiger charge is 2.15. The van der Waals surface area contributed by atoms with Crippen molar-refractivity contribution in [2.24, 2.45) is 0 Å². The summed E-state index contributed by atoms with van der Waals surface area (Å²) >= 11 is 3.02. The Kier molecular flexibility index (Phi) is 4.66. The van der Waals surface area contributed by atoms with Gasteiger partial charge in [-0.15, -0.1) is 22.7 Å². The maximum absolute atomic E-state index is 11.6. The summed E-state index contributed by atoms with van der Waals surface area (Å²) in [6.45, 7) is 2.86. The predicted octanol–water partition coefficient (Wildman–Crippen LogP) is 2.43. The largest absolute Gasteiger partial charge is 0.461 e. The minimum Gasteiger partial charge on any atom is -0.461 e. The van der Waals surface area contributed by atoms with Gasteiger partial charge in [-0.05, 0) is 6.92 Å². The highest BCUT2D eigenvalue weighted by atomic mass is 32.1. The lowest BCUT2D eigenvalue weighted by Crippen LogP contribution is -2.10. The summed E-state index contributed by atoms with van der Waals surface area (Å²) < 4.78 is 4.93. The van der Waals surface area contributed by atoms with E-state index in [0.717, 1.165) is 23.0 Å². The number of nitrogens with zero attached hydrogens (tertiary/aromatic N) is 2. The van der Waals surface area contributed by atoms with Gasteiger partial charge in [0.2, 0.25) is 0 Å². The molecule has 0 fully saturated rings. The monoisotopic (exact) mass is 283 g/mol. The average molecular weight is 283 g/mol. The summed E-state index contributed by atoms with van der Waals surface area (Å²) in [7, 11) is 0. The molecule has 18 heavy (non-hydrogen) atoms. The Hall–Kier alpha value is -1.47. The van der Waals surface area contributed by atoms with Gasteiger partial charge in [-0.25, -0.2) is 14.8 Å². The molecule has 0 aliphatic carbocycles. The van der Waals surface area contributed by atoms with E-state index in [1.165, 1.54) is 11.3 Å². The van der Waals surface area contributed by atoms with Gasteiger partial charge in [0, 0.05) is 24.5 Å². The van der Waals surface area contributed by atoms with Crippen LogP contribution in [0.5, 0.6) is 0 Å². The van der Waals surface area contributed by atoms with Crippen LogP contribution in [-0.4, -0.2) is 29.1 Å². The highest BCUT2D eigenvalue weighted by Crippen LogP contribution is 2.21. The fourth-order valence-electron chi connectivity index (χ4n) is 1.38. The number of carbonyl (C=O) groups is 1. The summed E-state index contributed by atoms with van der Waals surface area (Å²) in [5, 5.41) is 6.97. The van der Waals surface area contributed by atoms with Crippen LogP contribution in [-0.2, 0) is 11.2 Å².